The van der Waals surface area contributed by atoms with Crippen molar-refractivity contribution >= 4 is 41.2 Å². The summed E-state index contributed by atoms with van der Waals surface area (Å²) in [5, 5.41) is 48.8. The number of amides is 2. The topological polar surface area (TPSA) is 289 Å². The quantitative estimate of drug-likeness (QED) is 0.0193. The monoisotopic (exact) mass is 1120 g/mol. The molecule has 4 aliphatic heterocycles. The smallest absolute Gasteiger partial charge is 0.442 e. The zero-order valence-corrected chi connectivity index (χ0v) is 47.1. The molecule has 442 valence electrons. The van der Waals surface area contributed by atoms with Gasteiger partial charge in [0.05, 0.1) is 60.9 Å². The van der Waals surface area contributed by atoms with Crippen molar-refractivity contribution in [1.29, 1.82) is 0 Å². The number of nitrogens with one attached hydrogen (secondary N) is 2. The van der Waals surface area contributed by atoms with Crippen molar-refractivity contribution < 1.29 is 90.5 Å². The molecule has 0 saturated carbocycles. The van der Waals surface area contributed by atoms with E-state index in [0.29, 0.717) is 18.6 Å². The Balaban J connectivity index is 1.02. The van der Waals surface area contributed by atoms with Crippen LogP contribution in [0.4, 0.5) is 13.2 Å². The van der Waals surface area contributed by atoms with Crippen LogP contribution in [0.1, 0.15) is 142 Å². The average Bonchev–Trinajstić information content (AvgIpc) is 4.18. The van der Waals surface area contributed by atoms with Gasteiger partial charge >= 0.3 is 29.7 Å². The summed E-state index contributed by atoms with van der Waals surface area (Å²) in [5.41, 5.74) is -2.70. The molecule has 21 nitrogen and oxygen atoms in total. The summed E-state index contributed by atoms with van der Waals surface area (Å²) in [6, 6.07) is 3.38. The molecule has 13 atom stereocenters. The highest BCUT2D eigenvalue weighted by atomic mass is 19.4. The molecule has 1 spiro atoms. The van der Waals surface area contributed by atoms with E-state index in [4.69, 9.17) is 28.5 Å². The van der Waals surface area contributed by atoms with Gasteiger partial charge in [-0.2, -0.15) is 13.2 Å². The van der Waals surface area contributed by atoms with Crippen LogP contribution in [0, 0.1) is 35.5 Å². The number of alkyl halides is 3. The normalized spacial score (nSPS) is 25.2. The zero-order chi connectivity index (χ0) is 58.7. The first-order valence-electron chi connectivity index (χ1n) is 27.1. The number of oxime groups is 1. The molecule has 24 heteroatoms. The number of methoxy groups -OCH3 is 2. The van der Waals surface area contributed by atoms with E-state index in [0.717, 1.165) is 50.7 Å². The van der Waals surface area contributed by atoms with Gasteiger partial charge in [0, 0.05) is 56.5 Å². The molecule has 0 bridgehead atoms. The number of halogens is 3. The lowest BCUT2D eigenvalue weighted by molar-refractivity contribution is -0.338. The molecule has 5 N–H and O–H groups in total. The molecule has 0 aromatic heterocycles. The highest BCUT2D eigenvalue weighted by molar-refractivity contribution is 6.12. The number of esters is 3. The van der Waals surface area contributed by atoms with Gasteiger partial charge in [-0.15, -0.1) is 10.2 Å². The number of carbonyl (C=O) groups is 6. The third-order valence-corrected chi connectivity index (χ3v) is 15.8. The van der Waals surface area contributed by atoms with Crippen molar-refractivity contribution in [3.05, 3.63) is 40.5 Å². The van der Waals surface area contributed by atoms with Gasteiger partial charge < -0.3 is 59.2 Å². The third kappa shape index (κ3) is 16.4. The van der Waals surface area contributed by atoms with Crippen LogP contribution < -0.4 is 15.4 Å². The number of aliphatic hydroxyl groups is 3. The maximum absolute atomic E-state index is 13.5. The number of hydrogen-bond donors (Lipinski definition) is 5. The van der Waals surface area contributed by atoms with Crippen LogP contribution in [0.2, 0.25) is 0 Å². The number of aliphatic hydroxyl groups excluding tert-OH is 3. The Labute approximate surface area is 459 Å². The summed E-state index contributed by atoms with van der Waals surface area (Å²) in [6.07, 6.45) is -6.88. The van der Waals surface area contributed by atoms with E-state index < -0.39 is 108 Å². The average molecular weight is 1120 g/mol. The number of carbonyl (C=O) groups excluding carboxylic acids is 6. The number of hydrogen-bond acceptors (Lipinski definition) is 19. The van der Waals surface area contributed by atoms with E-state index >= 15 is 0 Å². The van der Waals surface area contributed by atoms with Gasteiger partial charge in [0.2, 0.25) is 0 Å². The van der Waals surface area contributed by atoms with Crippen molar-refractivity contribution in [2.24, 2.45) is 50.9 Å². The Morgan fingerprint density at radius 3 is 2.13 bits per heavy atom. The first-order chi connectivity index (χ1) is 37.1. The first kappa shape index (κ1) is 64.4. The first-order valence-corrected chi connectivity index (χ1v) is 27.1. The Hall–Kier alpha value is -5.40. The van der Waals surface area contributed by atoms with Crippen molar-refractivity contribution in [3.8, 4) is 5.75 Å². The highest BCUT2D eigenvalue weighted by Crippen LogP contribution is 2.53. The predicted molar refractivity (Wildman–Crippen MR) is 277 cm³/mol. The fourth-order valence-electron chi connectivity index (χ4n) is 10.4. The van der Waals surface area contributed by atoms with Crippen LogP contribution in [0.25, 0.3) is 0 Å². The Morgan fingerprint density at radius 1 is 0.873 bits per heavy atom. The number of Topliss-reactive ketones (excluding diaryl/α,β-unsaturated/α-hetero) is 1. The molecule has 5 rings (SSSR count). The molecular formula is C55H80F3N5O16. The lowest BCUT2D eigenvalue weighted by atomic mass is 9.79. The summed E-state index contributed by atoms with van der Waals surface area (Å²) in [6.45, 7) is 16.2. The second-order valence-electron chi connectivity index (χ2n) is 22.0. The van der Waals surface area contributed by atoms with E-state index in [-0.39, 0.29) is 83.6 Å². The molecule has 4 aliphatic rings. The van der Waals surface area contributed by atoms with E-state index in [1.807, 2.05) is 13.8 Å². The molecule has 0 aliphatic carbocycles. The second kappa shape index (κ2) is 27.9. The second-order valence-corrected chi connectivity index (χ2v) is 22.0. The molecule has 2 fully saturated rings. The van der Waals surface area contributed by atoms with E-state index in [9.17, 15) is 57.3 Å². The molecule has 0 unspecified atom stereocenters. The van der Waals surface area contributed by atoms with Gasteiger partial charge in [-0.25, -0.2) is 9.59 Å². The Kier molecular flexibility index (Phi) is 22.7. The Morgan fingerprint density at radius 2 is 1.53 bits per heavy atom. The van der Waals surface area contributed by atoms with Crippen molar-refractivity contribution in [2.45, 2.75) is 187 Å². The molecule has 1 aromatic carbocycles. The van der Waals surface area contributed by atoms with Gasteiger partial charge in [-0.05, 0) is 94.1 Å². The minimum atomic E-state index is -4.73. The number of nitrogens with zero attached hydrogens (tertiary/aromatic N) is 3. The van der Waals surface area contributed by atoms with Gasteiger partial charge in [-0.1, -0.05) is 59.7 Å². The summed E-state index contributed by atoms with van der Waals surface area (Å²) >= 11 is 0. The van der Waals surface area contributed by atoms with Gasteiger partial charge in [0.15, 0.2) is 12.4 Å². The van der Waals surface area contributed by atoms with Crippen LogP contribution in [-0.4, -0.2) is 145 Å². The largest absolute Gasteiger partial charge is 0.496 e. The lowest BCUT2D eigenvalue weighted by Crippen LogP contribution is -2.53. The number of benzene rings is 1. The summed E-state index contributed by atoms with van der Waals surface area (Å²) in [5.74, 6) is -6.06. The van der Waals surface area contributed by atoms with Crippen LogP contribution >= 0.6 is 0 Å². The third-order valence-electron chi connectivity index (χ3n) is 15.8. The molecule has 79 heavy (non-hydrogen) atoms. The highest BCUT2D eigenvalue weighted by Gasteiger charge is 2.65. The van der Waals surface area contributed by atoms with E-state index in [1.165, 1.54) is 27.2 Å². The molecular weight excluding hydrogens is 1040 g/mol. The standard InChI is InChI=1S/C55H80F3N5O16/c1-28(2)47(76-45(69)26-40(66)46-34(8)51(71)77-52(46)72)49(74-11)41(67)25-39(65)33(7)38(64)16-12-31(5)48-32(6)19-21-53(79-48)20-18-30(4)42(78-53)17-13-29(3)35(9)61-75-27-44(68)59-22-23-60-50(70)37-15-14-36(24-43(37)73-10)54(62-63-54)55(56,57)58/h14-15,24,28-33,38,40-42,47-49,64,66-67H,12-13,16-23,25-27H2,1-11H3,(H,59,68)(H,60,70)/b61-35+/t29-,30+,31+,32-,33-,38-,40+,41+,42-,47+,48-,49-,53+/m0/s1. The van der Waals surface area contributed by atoms with Crippen LogP contribution in [-0.2, 0) is 58.2 Å². The number of rotatable bonds is 29. The molecule has 2 amide bonds. The van der Waals surface area contributed by atoms with Crippen LogP contribution in [0.3, 0.4) is 0 Å². The van der Waals surface area contributed by atoms with Crippen molar-refractivity contribution in [3.63, 3.8) is 0 Å². The summed E-state index contributed by atoms with van der Waals surface area (Å²) in [7, 11) is 2.52. The fraction of sp³-hybridized carbons (Fsp3) is 0.727. The molecule has 4 heterocycles. The molecule has 2 saturated heterocycles. The molecule has 0 radical (unpaired) electrons. The van der Waals surface area contributed by atoms with Gasteiger partial charge in [0.1, 0.15) is 23.7 Å². The SMILES string of the molecule is COc1cc(C2(C(F)(F)F)N=N2)ccc1C(=O)NCCNC(=O)CO/N=C(\C)[C@@H](C)CC[C@@H]1O[C@@]2(CC[C@H]1C)CC[C@H](C)[C@H]([C@H](C)CC[C@H](O)[C@H](C)C(=O)C[C@@H](O)[C@H](OC)[C@H](OC(=O)C[C@@H](O)C1=C(C)C(=O)OC1=O)C(C)C)O2. The maximum atomic E-state index is 13.5. The van der Waals surface area contributed by atoms with E-state index in [1.54, 1.807) is 20.8 Å². The predicted octanol–water partition coefficient (Wildman–Crippen LogP) is 6.32. The Bertz CT molecular complexity index is 2430. The number of ether oxygens (including phenoxy) is 6. The lowest BCUT2D eigenvalue weighted by Gasteiger charge is -2.51. The van der Waals surface area contributed by atoms with Gasteiger partial charge in [-0.3, -0.25) is 19.2 Å². The number of ketones is 1. The zero-order valence-electron chi connectivity index (χ0n) is 47.1. The van der Waals surface area contributed by atoms with Crippen LogP contribution in [0.5, 0.6) is 5.75 Å². The molecule has 1 aromatic rings. The van der Waals surface area contributed by atoms with Gasteiger partial charge in [0.25, 0.3) is 11.8 Å². The maximum Gasteiger partial charge on any atom is 0.442 e. The van der Waals surface area contributed by atoms with E-state index in [2.05, 4.69) is 51.5 Å². The minimum absolute atomic E-state index is 0.00152. The van der Waals surface area contributed by atoms with Crippen molar-refractivity contribution in [1.82, 2.24) is 10.6 Å². The van der Waals surface area contributed by atoms with Crippen molar-refractivity contribution in [2.75, 3.05) is 33.9 Å². The fourth-order valence-corrected chi connectivity index (χ4v) is 10.4. The summed E-state index contributed by atoms with van der Waals surface area (Å²) < 4.78 is 75.0. The minimum Gasteiger partial charge on any atom is -0.496 e. The summed E-state index contributed by atoms with van der Waals surface area (Å²) in [4.78, 5) is 80.8. The number of cyclic esters (lactones) is 2. The van der Waals surface area contributed by atoms with Crippen LogP contribution in [0.15, 0.2) is 44.7 Å².